The number of nitrogens with one attached hydrogen (secondary N) is 1. The van der Waals surface area contributed by atoms with E-state index >= 15 is 0 Å². The summed E-state index contributed by atoms with van der Waals surface area (Å²) in [6.07, 6.45) is 0.556. The van der Waals surface area contributed by atoms with E-state index in [4.69, 9.17) is 9.05 Å². The van der Waals surface area contributed by atoms with Gasteiger partial charge in [-0.25, -0.2) is 4.79 Å². The molecule has 1 saturated heterocycles. The predicted octanol–water partition coefficient (Wildman–Crippen LogP) is 3.50. The van der Waals surface area contributed by atoms with Crippen LogP contribution in [0.25, 0.3) is 0 Å². The molecule has 2 heterocycles. The summed E-state index contributed by atoms with van der Waals surface area (Å²) < 4.78 is 24.3. The Balaban J connectivity index is 2.29. The summed E-state index contributed by atoms with van der Waals surface area (Å²) in [5, 5.41) is 24.3. The van der Waals surface area contributed by atoms with Crippen LogP contribution in [-0.2, 0) is 18.4 Å². The summed E-state index contributed by atoms with van der Waals surface area (Å²) in [6.45, 7) is 3.58. The summed E-state index contributed by atoms with van der Waals surface area (Å²) >= 11 is 0. The fourth-order valence-corrected chi connectivity index (χ4v) is 5.58. The van der Waals surface area contributed by atoms with E-state index in [1.54, 1.807) is 19.9 Å². The zero-order valence-corrected chi connectivity index (χ0v) is 15.7. The fraction of sp³-hybridized carbons (Fsp3) is 0.353. The number of rotatable bonds is 4. The predicted molar refractivity (Wildman–Crippen MR) is 96.1 cm³/mol. The monoisotopic (exact) mass is 394 g/mol. The molecule has 1 aromatic rings. The Labute approximate surface area is 155 Å². The van der Waals surface area contributed by atoms with E-state index in [0.717, 1.165) is 0 Å². The van der Waals surface area contributed by atoms with Crippen LogP contribution in [0.2, 0.25) is 0 Å². The smallest absolute Gasteiger partial charge is 0.360 e. The molecule has 0 saturated carbocycles. The van der Waals surface area contributed by atoms with Crippen molar-refractivity contribution in [3.63, 3.8) is 0 Å². The van der Waals surface area contributed by atoms with Gasteiger partial charge in [-0.1, -0.05) is 18.2 Å². The van der Waals surface area contributed by atoms with Gasteiger partial charge in [-0.2, -0.15) is 0 Å². The number of hydrogen-bond acceptors (Lipinski definition) is 7. The van der Waals surface area contributed by atoms with E-state index in [2.05, 4.69) is 5.32 Å². The second-order valence-electron chi connectivity index (χ2n) is 6.25. The molecule has 1 fully saturated rings. The zero-order chi connectivity index (χ0) is 19.8. The van der Waals surface area contributed by atoms with Crippen molar-refractivity contribution in [2.24, 2.45) is 0 Å². The zero-order valence-electron chi connectivity index (χ0n) is 14.8. The molecule has 0 amide bonds. The second kappa shape index (κ2) is 7.26. The molecule has 144 valence electrons. The van der Waals surface area contributed by atoms with Crippen molar-refractivity contribution in [2.45, 2.75) is 26.2 Å². The Morgan fingerprint density at radius 1 is 1.26 bits per heavy atom. The lowest BCUT2D eigenvalue weighted by atomic mass is 9.85. The van der Waals surface area contributed by atoms with Crippen LogP contribution in [0.3, 0.4) is 0 Å². The summed E-state index contributed by atoms with van der Waals surface area (Å²) in [6, 6.07) is 5.82. The summed E-state index contributed by atoms with van der Waals surface area (Å²) in [4.78, 5) is 23.0. The number of carboxylic acids is 1. The van der Waals surface area contributed by atoms with Gasteiger partial charge in [0.1, 0.15) is 0 Å². The highest BCUT2D eigenvalue weighted by molar-refractivity contribution is 7.58. The van der Waals surface area contributed by atoms with Crippen LogP contribution in [0.5, 0.6) is 0 Å². The molecule has 0 spiro atoms. The Bertz CT molecular complexity index is 912. The molecule has 10 heteroatoms. The number of nitro benzene ring substituents is 1. The number of benzene rings is 1. The largest absolute Gasteiger partial charge is 0.478 e. The molecule has 2 aliphatic heterocycles. The maximum atomic E-state index is 13.4. The van der Waals surface area contributed by atoms with Crippen LogP contribution in [-0.4, -0.2) is 29.2 Å². The number of carboxylic acid groups (broad SMARTS) is 1. The fourth-order valence-electron chi connectivity index (χ4n) is 3.44. The van der Waals surface area contributed by atoms with Gasteiger partial charge >= 0.3 is 13.6 Å². The number of carbonyl (C=O) groups is 1. The lowest BCUT2D eigenvalue weighted by Gasteiger charge is -2.35. The van der Waals surface area contributed by atoms with Crippen molar-refractivity contribution in [3.8, 4) is 0 Å². The van der Waals surface area contributed by atoms with Gasteiger partial charge in [0.25, 0.3) is 5.69 Å². The minimum Gasteiger partial charge on any atom is -0.478 e. The van der Waals surface area contributed by atoms with Crippen molar-refractivity contribution < 1.29 is 28.4 Å². The summed E-state index contributed by atoms with van der Waals surface area (Å²) in [7, 11) is -3.82. The molecule has 27 heavy (non-hydrogen) atoms. The molecular formula is C17H19N2O7P. The minimum atomic E-state index is -3.82. The highest BCUT2D eigenvalue weighted by Crippen LogP contribution is 2.65. The molecule has 1 atom stereocenters. The molecule has 0 aromatic heterocycles. The summed E-state index contributed by atoms with van der Waals surface area (Å²) in [5.74, 6) is -2.40. The lowest BCUT2D eigenvalue weighted by molar-refractivity contribution is -0.385. The third kappa shape index (κ3) is 3.41. The number of aliphatic carboxylic acids is 1. The van der Waals surface area contributed by atoms with Crippen molar-refractivity contribution in [2.75, 3.05) is 13.2 Å². The molecule has 9 nitrogen and oxygen atoms in total. The molecule has 1 aromatic carbocycles. The van der Waals surface area contributed by atoms with Gasteiger partial charge in [-0.05, 0) is 20.3 Å². The Morgan fingerprint density at radius 3 is 2.48 bits per heavy atom. The van der Waals surface area contributed by atoms with E-state index < -0.39 is 24.4 Å². The molecule has 3 rings (SSSR count). The van der Waals surface area contributed by atoms with E-state index in [1.807, 2.05) is 0 Å². The Hall–Kier alpha value is -2.48. The van der Waals surface area contributed by atoms with E-state index in [0.29, 0.717) is 17.8 Å². The van der Waals surface area contributed by atoms with Crippen LogP contribution in [0.15, 0.2) is 46.5 Å². The Kier molecular flexibility index (Phi) is 5.19. The second-order valence-corrected chi connectivity index (χ2v) is 8.24. The SMILES string of the molecule is CC1=C(C(=O)O)C(c2ccccc2[N+](=O)[O-])C(P2(=O)OCCCO2)=C(C)N1. The molecular weight excluding hydrogens is 375 g/mol. The van der Waals surface area contributed by atoms with Gasteiger partial charge in [-0.3, -0.25) is 14.7 Å². The standard InChI is InChI=1S/C17H19N2O7P/c1-10-14(17(20)21)15(12-6-3-4-7-13(12)19(22)23)16(11(2)18-10)27(24)25-8-5-9-26-27/h3-4,6-7,15,18H,5,8-9H2,1-2H3,(H,20,21). The first-order chi connectivity index (χ1) is 12.8. The molecule has 0 aliphatic carbocycles. The minimum absolute atomic E-state index is 0.0968. The van der Waals surface area contributed by atoms with Gasteiger partial charge in [0.15, 0.2) is 0 Å². The number of allylic oxidation sites excluding steroid dienone is 3. The average molecular weight is 394 g/mol. The third-order valence-corrected chi connectivity index (χ3v) is 6.74. The average Bonchev–Trinajstić information content (AvgIpc) is 2.61. The maximum absolute atomic E-state index is 13.4. The van der Waals surface area contributed by atoms with Gasteiger partial charge in [0.05, 0.1) is 34.9 Å². The molecule has 0 radical (unpaired) electrons. The van der Waals surface area contributed by atoms with Gasteiger partial charge in [0.2, 0.25) is 0 Å². The van der Waals surface area contributed by atoms with E-state index in [1.165, 1.54) is 18.2 Å². The van der Waals surface area contributed by atoms with Crippen LogP contribution >= 0.6 is 7.60 Å². The highest BCUT2D eigenvalue weighted by atomic mass is 31.2. The number of hydrogen-bond donors (Lipinski definition) is 2. The van der Waals surface area contributed by atoms with Gasteiger partial charge < -0.3 is 19.5 Å². The summed E-state index contributed by atoms with van der Waals surface area (Å²) in [5.41, 5.74) is 0.465. The topological polar surface area (TPSA) is 128 Å². The highest BCUT2D eigenvalue weighted by Gasteiger charge is 2.47. The molecule has 0 bridgehead atoms. The normalized spacial score (nSPS) is 22.4. The first kappa shape index (κ1) is 19.3. The number of nitro groups is 1. The van der Waals surface area contributed by atoms with Gasteiger partial charge in [0, 0.05) is 23.0 Å². The Morgan fingerprint density at radius 2 is 1.89 bits per heavy atom. The van der Waals surface area contributed by atoms with Crippen molar-refractivity contribution in [1.82, 2.24) is 5.32 Å². The molecule has 2 aliphatic rings. The van der Waals surface area contributed by atoms with E-state index in [-0.39, 0.29) is 35.4 Å². The van der Waals surface area contributed by atoms with Crippen LogP contribution in [0.4, 0.5) is 5.69 Å². The van der Waals surface area contributed by atoms with Crippen LogP contribution < -0.4 is 5.32 Å². The number of dihydropyridines is 1. The number of para-hydroxylation sites is 1. The van der Waals surface area contributed by atoms with Crippen molar-refractivity contribution in [1.29, 1.82) is 0 Å². The van der Waals surface area contributed by atoms with Crippen molar-refractivity contribution in [3.05, 3.63) is 62.2 Å². The third-order valence-electron chi connectivity index (χ3n) is 4.51. The van der Waals surface area contributed by atoms with Crippen LogP contribution in [0.1, 0.15) is 31.7 Å². The number of nitrogens with zero attached hydrogens (tertiary/aromatic N) is 1. The van der Waals surface area contributed by atoms with Crippen LogP contribution in [0, 0.1) is 10.1 Å². The van der Waals surface area contributed by atoms with E-state index in [9.17, 15) is 24.6 Å². The first-order valence-corrected chi connectivity index (χ1v) is 9.85. The molecule has 1 unspecified atom stereocenters. The maximum Gasteiger partial charge on any atom is 0.360 e. The molecule has 2 N–H and O–H groups in total. The van der Waals surface area contributed by atoms with Crippen molar-refractivity contribution >= 4 is 19.3 Å². The van der Waals surface area contributed by atoms with Gasteiger partial charge in [-0.15, -0.1) is 0 Å². The quantitative estimate of drug-likeness (QED) is 0.451. The lowest BCUT2D eigenvalue weighted by Crippen LogP contribution is -2.29. The first-order valence-electron chi connectivity index (χ1n) is 8.31.